The summed E-state index contributed by atoms with van der Waals surface area (Å²) >= 11 is 1.92. The Labute approximate surface area is 285 Å². The predicted molar refractivity (Wildman–Crippen MR) is 199 cm³/mol. The first-order valence-electron chi connectivity index (χ1n) is 16.1. The molecule has 5 aromatic carbocycles. The van der Waals surface area contributed by atoms with Crippen molar-refractivity contribution in [2.24, 2.45) is 0 Å². The van der Waals surface area contributed by atoms with Crippen LogP contribution in [-0.4, -0.2) is 17.3 Å². The maximum Gasteiger partial charge on any atom is 0.119 e. The normalized spacial score (nSPS) is 10.1. The minimum absolute atomic E-state index is 0.589. The third-order valence-electron chi connectivity index (χ3n) is 7.22. The molecule has 1 aromatic heterocycles. The number of thioether (sulfide) groups is 1. The summed E-state index contributed by atoms with van der Waals surface area (Å²) in [6.07, 6.45) is 5.63. The van der Waals surface area contributed by atoms with Gasteiger partial charge in [0.1, 0.15) is 18.1 Å². The predicted octanol–water partition coefficient (Wildman–Crippen LogP) is 10.9. The molecule has 0 aliphatic heterocycles. The minimum atomic E-state index is 0.589. The van der Waals surface area contributed by atoms with Gasteiger partial charge in [-0.2, -0.15) is 0 Å². The van der Waals surface area contributed by atoms with E-state index in [0.717, 1.165) is 42.3 Å². The van der Waals surface area contributed by atoms with Crippen LogP contribution in [0.25, 0.3) is 0 Å². The molecule has 47 heavy (non-hydrogen) atoms. The highest BCUT2D eigenvalue weighted by Gasteiger charge is 1.97. The van der Waals surface area contributed by atoms with E-state index in [4.69, 9.17) is 9.47 Å². The molecule has 240 valence electrons. The van der Waals surface area contributed by atoms with Gasteiger partial charge in [-0.25, -0.2) is 0 Å². The topological polar surface area (TPSA) is 31.4 Å². The molecule has 0 saturated heterocycles. The quantitative estimate of drug-likeness (QED) is 0.132. The number of aromatic nitrogens is 1. The number of hydrogen-bond donors (Lipinski definition) is 0. The van der Waals surface area contributed by atoms with E-state index >= 15 is 0 Å². The molecule has 0 bridgehead atoms. The first kappa shape index (κ1) is 35.1. The van der Waals surface area contributed by atoms with Gasteiger partial charge in [0.2, 0.25) is 0 Å². The van der Waals surface area contributed by atoms with Gasteiger partial charge in [-0.3, -0.25) is 4.98 Å². The van der Waals surface area contributed by atoms with E-state index in [-0.39, 0.29) is 0 Å². The van der Waals surface area contributed by atoms with Gasteiger partial charge in [-0.15, -0.1) is 11.8 Å². The Kier molecular flexibility index (Phi) is 15.2. The molecule has 6 rings (SSSR count). The molecule has 1 heterocycles. The Morgan fingerprint density at radius 3 is 1.47 bits per heavy atom. The van der Waals surface area contributed by atoms with Crippen LogP contribution in [0.3, 0.4) is 0 Å². The molecule has 3 nitrogen and oxygen atoms in total. The summed E-state index contributed by atoms with van der Waals surface area (Å²) in [5.74, 6) is 2.99. The average Bonchev–Trinajstić information content (AvgIpc) is 3.12. The lowest BCUT2D eigenvalue weighted by Crippen LogP contribution is -2.00. The molecule has 0 atom stereocenters. The summed E-state index contributed by atoms with van der Waals surface area (Å²) in [6, 6.07) is 49.9. The van der Waals surface area contributed by atoms with Crippen LogP contribution >= 0.6 is 11.8 Å². The molecule has 0 amide bonds. The van der Waals surface area contributed by atoms with Gasteiger partial charge in [0.05, 0.1) is 6.61 Å². The molecule has 0 saturated carbocycles. The molecule has 0 radical (unpaired) electrons. The highest BCUT2D eigenvalue weighted by Crippen LogP contribution is 2.19. The van der Waals surface area contributed by atoms with Crippen LogP contribution < -0.4 is 9.47 Å². The standard InChI is InChI=1S/C15H16O.C15H16S.C13H13NO/c2*1-13-7-9-15(10-8-13)16-12-11-14-5-3-2-4-6-14;1-11-2-4-13(5-3-11)15-10-12-6-8-14-9-7-12/h2*2-10H,11-12H2,1H3;2-9H,10H2,1H3. The lowest BCUT2D eigenvalue weighted by atomic mass is 10.2. The molecule has 0 fully saturated rings. The van der Waals surface area contributed by atoms with Crippen molar-refractivity contribution in [1.29, 1.82) is 0 Å². The van der Waals surface area contributed by atoms with Crippen LogP contribution in [0.1, 0.15) is 33.4 Å². The fraction of sp³-hybridized carbons (Fsp3) is 0.186. The van der Waals surface area contributed by atoms with Crippen LogP contribution in [0.5, 0.6) is 11.5 Å². The first-order valence-corrected chi connectivity index (χ1v) is 17.1. The van der Waals surface area contributed by atoms with Crippen molar-refractivity contribution in [2.45, 2.75) is 45.1 Å². The van der Waals surface area contributed by atoms with Crippen molar-refractivity contribution in [2.75, 3.05) is 12.4 Å². The SMILES string of the molecule is Cc1ccc(OCCc2ccccc2)cc1.Cc1ccc(OCc2ccncc2)cc1.Cc1ccc(SCCc2ccccc2)cc1. The Morgan fingerprint density at radius 2 is 0.936 bits per heavy atom. The summed E-state index contributed by atoms with van der Waals surface area (Å²) in [6.45, 7) is 7.58. The van der Waals surface area contributed by atoms with E-state index in [1.807, 2.05) is 66.4 Å². The van der Waals surface area contributed by atoms with Gasteiger partial charge < -0.3 is 9.47 Å². The van der Waals surface area contributed by atoms with Gasteiger partial charge in [0, 0.05) is 29.5 Å². The van der Waals surface area contributed by atoms with Crippen molar-refractivity contribution in [3.63, 3.8) is 0 Å². The molecular formula is C43H45NO2S. The Bertz CT molecular complexity index is 1570. The zero-order valence-corrected chi connectivity index (χ0v) is 28.5. The number of nitrogens with zero attached hydrogens (tertiary/aromatic N) is 1. The van der Waals surface area contributed by atoms with Gasteiger partial charge in [0.15, 0.2) is 0 Å². The van der Waals surface area contributed by atoms with Gasteiger partial charge >= 0.3 is 0 Å². The monoisotopic (exact) mass is 639 g/mol. The van der Waals surface area contributed by atoms with Crippen molar-refractivity contribution >= 4 is 11.8 Å². The van der Waals surface area contributed by atoms with Crippen LogP contribution in [0.4, 0.5) is 0 Å². The highest BCUT2D eigenvalue weighted by atomic mass is 32.2. The van der Waals surface area contributed by atoms with E-state index in [1.165, 1.54) is 32.7 Å². The van der Waals surface area contributed by atoms with Gasteiger partial charge in [0.25, 0.3) is 0 Å². The maximum absolute atomic E-state index is 5.66. The van der Waals surface area contributed by atoms with Crippen LogP contribution in [0.15, 0.2) is 163 Å². The summed E-state index contributed by atoms with van der Waals surface area (Å²) in [5, 5.41) is 0. The number of hydrogen-bond acceptors (Lipinski definition) is 4. The van der Waals surface area contributed by atoms with E-state index in [1.54, 1.807) is 12.4 Å². The second kappa shape index (κ2) is 20.3. The molecule has 0 spiro atoms. The average molecular weight is 640 g/mol. The highest BCUT2D eigenvalue weighted by molar-refractivity contribution is 7.99. The van der Waals surface area contributed by atoms with Gasteiger partial charge in [-0.05, 0) is 92.4 Å². The largest absolute Gasteiger partial charge is 0.493 e. The fourth-order valence-corrected chi connectivity index (χ4v) is 5.31. The van der Waals surface area contributed by atoms with E-state index in [9.17, 15) is 0 Å². The molecule has 0 N–H and O–H groups in total. The van der Waals surface area contributed by atoms with Crippen LogP contribution in [0.2, 0.25) is 0 Å². The zero-order chi connectivity index (χ0) is 32.9. The van der Waals surface area contributed by atoms with Crippen LogP contribution in [-0.2, 0) is 19.4 Å². The fourth-order valence-electron chi connectivity index (χ4n) is 4.41. The third kappa shape index (κ3) is 14.4. The smallest absolute Gasteiger partial charge is 0.119 e. The Hall–Kier alpha value is -4.80. The number of ether oxygens (including phenoxy) is 2. The second-order valence-electron chi connectivity index (χ2n) is 11.3. The zero-order valence-electron chi connectivity index (χ0n) is 27.7. The second-order valence-corrected chi connectivity index (χ2v) is 12.4. The third-order valence-corrected chi connectivity index (χ3v) is 8.24. The number of aryl methyl sites for hydroxylation is 4. The van der Waals surface area contributed by atoms with Crippen molar-refractivity contribution in [3.8, 4) is 11.5 Å². The Morgan fingerprint density at radius 1 is 0.468 bits per heavy atom. The molecule has 0 aliphatic rings. The summed E-state index contributed by atoms with van der Waals surface area (Å²) < 4.78 is 11.3. The van der Waals surface area contributed by atoms with Crippen LogP contribution in [0, 0.1) is 20.8 Å². The number of benzene rings is 5. The van der Waals surface area contributed by atoms with Crippen molar-refractivity contribution in [1.82, 2.24) is 4.98 Å². The van der Waals surface area contributed by atoms with E-state index in [2.05, 4.69) is 117 Å². The minimum Gasteiger partial charge on any atom is -0.493 e. The van der Waals surface area contributed by atoms with Crippen molar-refractivity contribution < 1.29 is 9.47 Å². The lowest BCUT2D eigenvalue weighted by molar-refractivity contribution is 0.306. The summed E-state index contributed by atoms with van der Waals surface area (Å²) in [5.41, 5.74) is 7.69. The number of rotatable bonds is 11. The Balaban J connectivity index is 0.000000160. The van der Waals surface area contributed by atoms with Crippen molar-refractivity contribution in [3.05, 3.63) is 191 Å². The summed E-state index contributed by atoms with van der Waals surface area (Å²) in [7, 11) is 0. The molecule has 6 aromatic rings. The molecule has 0 unspecified atom stereocenters. The first-order chi connectivity index (χ1) is 23.0. The maximum atomic E-state index is 5.66. The van der Waals surface area contributed by atoms with E-state index in [0.29, 0.717) is 6.61 Å². The van der Waals surface area contributed by atoms with E-state index < -0.39 is 0 Å². The number of pyridine rings is 1. The van der Waals surface area contributed by atoms with Gasteiger partial charge in [-0.1, -0.05) is 114 Å². The lowest BCUT2D eigenvalue weighted by Gasteiger charge is -2.06. The molecule has 4 heteroatoms. The summed E-state index contributed by atoms with van der Waals surface area (Å²) in [4.78, 5) is 5.32. The molecule has 0 aliphatic carbocycles. The molecular weight excluding hydrogens is 595 g/mol.